The molecule has 116 valence electrons. The molecule has 0 aliphatic carbocycles. The summed E-state index contributed by atoms with van der Waals surface area (Å²) in [5.74, 6) is -0.768. The SMILES string of the molecule is CCCCCC(C)NC(=O)CN1CCC(C)C1C(=O)O. The van der Waals surface area contributed by atoms with Crippen LogP contribution < -0.4 is 5.32 Å². The van der Waals surface area contributed by atoms with Crippen molar-refractivity contribution in [3.8, 4) is 0 Å². The van der Waals surface area contributed by atoms with Gasteiger partial charge in [0.05, 0.1) is 6.54 Å². The fourth-order valence-corrected chi connectivity index (χ4v) is 2.88. The molecule has 1 heterocycles. The van der Waals surface area contributed by atoms with Crippen LogP contribution in [0.2, 0.25) is 0 Å². The summed E-state index contributed by atoms with van der Waals surface area (Å²) < 4.78 is 0. The Morgan fingerprint density at radius 3 is 2.70 bits per heavy atom. The predicted molar refractivity (Wildman–Crippen MR) is 78.5 cm³/mol. The lowest BCUT2D eigenvalue weighted by Gasteiger charge is -2.23. The molecule has 1 aliphatic heterocycles. The molecule has 0 spiro atoms. The first-order valence-corrected chi connectivity index (χ1v) is 7.72. The lowest BCUT2D eigenvalue weighted by atomic mass is 10.0. The third-order valence-corrected chi connectivity index (χ3v) is 4.05. The molecule has 3 unspecified atom stereocenters. The topological polar surface area (TPSA) is 69.6 Å². The molecule has 0 radical (unpaired) electrons. The summed E-state index contributed by atoms with van der Waals surface area (Å²) in [7, 11) is 0. The number of aliphatic carboxylic acids is 1. The smallest absolute Gasteiger partial charge is 0.321 e. The van der Waals surface area contributed by atoms with Crippen LogP contribution in [0.3, 0.4) is 0 Å². The second kappa shape index (κ2) is 8.25. The van der Waals surface area contributed by atoms with Crippen molar-refractivity contribution >= 4 is 11.9 Å². The van der Waals surface area contributed by atoms with Gasteiger partial charge in [-0.3, -0.25) is 14.5 Å². The summed E-state index contributed by atoms with van der Waals surface area (Å²) in [5, 5.41) is 12.2. The number of amides is 1. The van der Waals surface area contributed by atoms with E-state index in [1.165, 1.54) is 12.8 Å². The van der Waals surface area contributed by atoms with Crippen molar-refractivity contribution in [2.75, 3.05) is 13.1 Å². The number of carboxylic acid groups (broad SMARTS) is 1. The van der Waals surface area contributed by atoms with Crippen LogP contribution >= 0.6 is 0 Å². The number of unbranched alkanes of at least 4 members (excludes halogenated alkanes) is 2. The van der Waals surface area contributed by atoms with Crippen LogP contribution in [0.15, 0.2) is 0 Å². The molecule has 5 nitrogen and oxygen atoms in total. The summed E-state index contributed by atoms with van der Waals surface area (Å²) in [6.45, 7) is 6.98. The summed E-state index contributed by atoms with van der Waals surface area (Å²) >= 11 is 0. The molecule has 1 saturated heterocycles. The average Bonchev–Trinajstić information content (AvgIpc) is 2.70. The van der Waals surface area contributed by atoms with E-state index in [2.05, 4.69) is 12.2 Å². The fourth-order valence-electron chi connectivity index (χ4n) is 2.88. The van der Waals surface area contributed by atoms with Gasteiger partial charge in [-0.25, -0.2) is 0 Å². The Labute approximate surface area is 121 Å². The Balaban J connectivity index is 2.36. The van der Waals surface area contributed by atoms with Gasteiger partial charge < -0.3 is 10.4 Å². The highest BCUT2D eigenvalue weighted by molar-refractivity contribution is 5.80. The van der Waals surface area contributed by atoms with Crippen LogP contribution in [0, 0.1) is 5.92 Å². The van der Waals surface area contributed by atoms with Crippen molar-refractivity contribution in [2.45, 2.75) is 65.0 Å². The first kappa shape index (κ1) is 17.0. The highest BCUT2D eigenvalue weighted by Crippen LogP contribution is 2.23. The van der Waals surface area contributed by atoms with E-state index in [1.54, 1.807) is 4.90 Å². The predicted octanol–water partition coefficient (Wildman–Crippen LogP) is 1.87. The van der Waals surface area contributed by atoms with Gasteiger partial charge in [0, 0.05) is 6.04 Å². The molecular formula is C15H28N2O3. The van der Waals surface area contributed by atoms with Crippen molar-refractivity contribution < 1.29 is 14.7 Å². The molecule has 1 aliphatic rings. The Morgan fingerprint density at radius 1 is 1.40 bits per heavy atom. The maximum Gasteiger partial charge on any atom is 0.321 e. The number of hydrogen-bond donors (Lipinski definition) is 2. The van der Waals surface area contributed by atoms with E-state index < -0.39 is 12.0 Å². The van der Waals surface area contributed by atoms with E-state index in [0.717, 1.165) is 19.3 Å². The molecule has 0 aromatic heterocycles. The molecular weight excluding hydrogens is 256 g/mol. The highest BCUT2D eigenvalue weighted by Gasteiger charge is 2.37. The molecule has 1 rings (SSSR count). The Morgan fingerprint density at radius 2 is 2.10 bits per heavy atom. The van der Waals surface area contributed by atoms with Crippen LogP contribution in [0.4, 0.5) is 0 Å². The van der Waals surface area contributed by atoms with Crippen molar-refractivity contribution in [3.63, 3.8) is 0 Å². The molecule has 0 bridgehead atoms. The number of nitrogens with zero attached hydrogens (tertiary/aromatic N) is 1. The lowest BCUT2D eigenvalue weighted by molar-refractivity contribution is -0.143. The minimum atomic E-state index is -0.821. The van der Waals surface area contributed by atoms with E-state index in [9.17, 15) is 14.7 Å². The van der Waals surface area contributed by atoms with Crippen LogP contribution in [-0.2, 0) is 9.59 Å². The van der Waals surface area contributed by atoms with Gasteiger partial charge in [0.1, 0.15) is 6.04 Å². The Hall–Kier alpha value is -1.10. The van der Waals surface area contributed by atoms with Gasteiger partial charge in [-0.2, -0.15) is 0 Å². The largest absolute Gasteiger partial charge is 0.480 e. The minimum absolute atomic E-state index is 0.0608. The molecule has 1 amide bonds. The van der Waals surface area contributed by atoms with Crippen molar-refractivity contribution in [1.29, 1.82) is 0 Å². The normalized spacial score (nSPS) is 24.6. The Bertz CT molecular complexity index is 333. The number of carbonyl (C=O) groups is 2. The zero-order valence-electron chi connectivity index (χ0n) is 12.9. The maximum atomic E-state index is 12.0. The summed E-state index contributed by atoms with van der Waals surface area (Å²) in [5.41, 5.74) is 0. The number of rotatable bonds is 8. The van der Waals surface area contributed by atoms with Crippen LogP contribution in [0.5, 0.6) is 0 Å². The van der Waals surface area contributed by atoms with E-state index >= 15 is 0 Å². The van der Waals surface area contributed by atoms with Crippen LogP contribution in [-0.4, -0.2) is 47.1 Å². The number of likely N-dealkylation sites (tertiary alicyclic amines) is 1. The van der Waals surface area contributed by atoms with Gasteiger partial charge in [0.15, 0.2) is 0 Å². The third kappa shape index (κ3) is 5.12. The van der Waals surface area contributed by atoms with E-state index in [1.807, 2.05) is 13.8 Å². The van der Waals surface area contributed by atoms with Crippen LogP contribution in [0.25, 0.3) is 0 Å². The van der Waals surface area contributed by atoms with Gasteiger partial charge in [0.2, 0.25) is 5.91 Å². The van der Waals surface area contributed by atoms with Crippen molar-refractivity contribution in [1.82, 2.24) is 10.2 Å². The quantitative estimate of drug-likeness (QED) is 0.668. The minimum Gasteiger partial charge on any atom is -0.480 e. The molecule has 0 aromatic rings. The van der Waals surface area contributed by atoms with Crippen LogP contribution in [0.1, 0.15) is 52.9 Å². The Kier molecular flexibility index (Phi) is 6.99. The summed E-state index contributed by atoms with van der Waals surface area (Å²) in [6.07, 6.45) is 5.31. The summed E-state index contributed by atoms with van der Waals surface area (Å²) in [6, 6.07) is -0.353. The van der Waals surface area contributed by atoms with Crippen molar-refractivity contribution in [2.24, 2.45) is 5.92 Å². The second-order valence-corrected chi connectivity index (χ2v) is 5.98. The zero-order valence-corrected chi connectivity index (χ0v) is 12.9. The first-order chi connectivity index (χ1) is 9.45. The number of hydrogen-bond acceptors (Lipinski definition) is 3. The molecule has 3 atom stereocenters. The van der Waals surface area contributed by atoms with Gasteiger partial charge in [-0.15, -0.1) is 0 Å². The van der Waals surface area contributed by atoms with E-state index in [4.69, 9.17) is 0 Å². The molecule has 5 heteroatoms. The molecule has 0 saturated carbocycles. The summed E-state index contributed by atoms with van der Waals surface area (Å²) in [4.78, 5) is 25.0. The zero-order chi connectivity index (χ0) is 15.1. The fraction of sp³-hybridized carbons (Fsp3) is 0.867. The van der Waals surface area contributed by atoms with Crippen molar-refractivity contribution in [3.05, 3.63) is 0 Å². The van der Waals surface area contributed by atoms with E-state index in [0.29, 0.717) is 6.54 Å². The second-order valence-electron chi connectivity index (χ2n) is 5.98. The monoisotopic (exact) mass is 284 g/mol. The number of carbonyl (C=O) groups excluding carboxylic acids is 1. The molecule has 20 heavy (non-hydrogen) atoms. The standard InChI is InChI=1S/C15H28N2O3/c1-4-5-6-7-12(3)16-13(18)10-17-9-8-11(2)14(17)15(19)20/h11-12,14H,4-10H2,1-3H3,(H,16,18)(H,19,20). The number of nitrogens with one attached hydrogen (secondary N) is 1. The van der Waals surface area contributed by atoms with Gasteiger partial charge >= 0.3 is 5.97 Å². The average molecular weight is 284 g/mol. The van der Waals surface area contributed by atoms with Gasteiger partial charge in [-0.05, 0) is 32.2 Å². The first-order valence-electron chi connectivity index (χ1n) is 7.72. The molecule has 1 fully saturated rings. The molecule has 0 aromatic carbocycles. The lowest BCUT2D eigenvalue weighted by Crippen LogP contribution is -2.46. The van der Waals surface area contributed by atoms with Gasteiger partial charge in [-0.1, -0.05) is 33.1 Å². The molecule has 2 N–H and O–H groups in total. The van der Waals surface area contributed by atoms with Gasteiger partial charge in [0.25, 0.3) is 0 Å². The third-order valence-electron chi connectivity index (χ3n) is 4.05. The van der Waals surface area contributed by atoms with E-state index in [-0.39, 0.29) is 24.4 Å². The number of carboxylic acids is 1. The highest BCUT2D eigenvalue weighted by atomic mass is 16.4. The maximum absolute atomic E-state index is 12.0.